The van der Waals surface area contributed by atoms with Crippen molar-refractivity contribution in [3.8, 4) is 5.75 Å². The van der Waals surface area contributed by atoms with E-state index in [1.807, 2.05) is 20.9 Å². The molecule has 1 aromatic carbocycles. The molecule has 0 amide bonds. The summed E-state index contributed by atoms with van der Waals surface area (Å²) in [5.41, 5.74) is 3.44. The predicted octanol–water partition coefficient (Wildman–Crippen LogP) is 4.32. The van der Waals surface area contributed by atoms with E-state index in [1.54, 1.807) is 0 Å². The maximum absolute atomic E-state index is 5.95. The second-order valence-electron chi connectivity index (χ2n) is 8.99. The first-order chi connectivity index (χ1) is 15.3. The minimum Gasteiger partial charge on any atom is -0.492 e. The molecule has 0 radical (unpaired) electrons. The summed E-state index contributed by atoms with van der Waals surface area (Å²) >= 11 is 0. The highest BCUT2D eigenvalue weighted by Gasteiger charge is 2.21. The molecule has 2 heterocycles. The van der Waals surface area contributed by atoms with Gasteiger partial charge in [-0.3, -0.25) is 9.89 Å². The monoisotopic (exact) mass is 569 g/mol. The average Bonchev–Trinajstić information content (AvgIpc) is 3.05. The Labute approximate surface area is 216 Å². The van der Waals surface area contributed by atoms with Gasteiger partial charge in [-0.15, -0.1) is 24.0 Å². The van der Waals surface area contributed by atoms with Gasteiger partial charge in [0.2, 0.25) is 5.89 Å². The van der Waals surface area contributed by atoms with Gasteiger partial charge in [0.1, 0.15) is 18.1 Å². The highest BCUT2D eigenvalue weighted by Crippen LogP contribution is 2.19. The van der Waals surface area contributed by atoms with Crippen LogP contribution in [0.15, 0.2) is 27.6 Å². The molecule has 1 aliphatic heterocycles. The molecule has 0 unspecified atom stereocenters. The van der Waals surface area contributed by atoms with Crippen LogP contribution in [0.2, 0.25) is 0 Å². The summed E-state index contributed by atoms with van der Waals surface area (Å²) in [7, 11) is 3.90. The lowest BCUT2D eigenvalue weighted by molar-refractivity contribution is 0.163. The smallest absolute Gasteiger partial charge is 0.208 e. The van der Waals surface area contributed by atoms with E-state index in [9.17, 15) is 0 Å². The summed E-state index contributed by atoms with van der Waals surface area (Å²) in [6, 6.07) is 6.32. The van der Waals surface area contributed by atoms with Gasteiger partial charge in [-0.25, -0.2) is 4.98 Å². The number of aryl methyl sites for hydroxylation is 4. The zero-order chi connectivity index (χ0) is 23.1. The summed E-state index contributed by atoms with van der Waals surface area (Å²) in [4.78, 5) is 13.5. The number of aromatic nitrogens is 1. The Morgan fingerprint density at radius 1 is 1.18 bits per heavy atom. The van der Waals surface area contributed by atoms with Crippen molar-refractivity contribution >= 4 is 29.9 Å². The molecule has 0 atom stereocenters. The van der Waals surface area contributed by atoms with Gasteiger partial charge in [-0.05, 0) is 82.8 Å². The fraction of sp³-hybridized carbons (Fsp3) is 0.600. The molecule has 1 N–H and O–H groups in total. The van der Waals surface area contributed by atoms with E-state index < -0.39 is 0 Å². The number of rotatable bonds is 8. The average molecular weight is 570 g/mol. The molecule has 7 nitrogen and oxygen atoms in total. The van der Waals surface area contributed by atoms with Crippen LogP contribution in [0.4, 0.5) is 0 Å². The maximum Gasteiger partial charge on any atom is 0.208 e. The fourth-order valence-electron chi connectivity index (χ4n) is 4.19. The van der Waals surface area contributed by atoms with Crippen molar-refractivity contribution in [2.75, 3.05) is 46.9 Å². The first-order valence-electron chi connectivity index (χ1n) is 11.6. The summed E-state index contributed by atoms with van der Waals surface area (Å²) in [5.74, 6) is 4.26. The standard InChI is InChI=1S/C25H39N5O2.HI/c1-18-13-19(2)15-23(14-18)31-12-11-29(6)25(26-5)27-16-22-7-9-30(10-8-22)17-24-28-20(3)21(4)32-24;/h13-15,22H,7-12,16-17H2,1-6H3,(H,26,27);1H. The third kappa shape index (κ3) is 8.48. The number of piperidine rings is 1. The molecular weight excluding hydrogens is 529 g/mol. The lowest BCUT2D eigenvalue weighted by atomic mass is 9.97. The Bertz CT molecular complexity index is 866. The summed E-state index contributed by atoms with van der Waals surface area (Å²) < 4.78 is 11.7. The molecule has 0 spiro atoms. The molecule has 1 saturated heterocycles. The number of halogens is 1. The predicted molar refractivity (Wildman–Crippen MR) is 145 cm³/mol. The van der Waals surface area contributed by atoms with Crippen LogP contribution in [0.5, 0.6) is 5.75 Å². The third-order valence-electron chi connectivity index (χ3n) is 6.15. The van der Waals surface area contributed by atoms with Crippen LogP contribution in [-0.4, -0.2) is 67.6 Å². The molecule has 33 heavy (non-hydrogen) atoms. The minimum atomic E-state index is 0. The minimum absolute atomic E-state index is 0. The number of nitrogens with zero attached hydrogens (tertiary/aromatic N) is 4. The summed E-state index contributed by atoms with van der Waals surface area (Å²) in [5, 5.41) is 3.55. The van der Waals surface area contributed by atoms with E-state index in [-0.39, 0.29) is 24.0 Å². The van der Waals surface area contributed by atoms with Crippen molar-refractivity contribution in [1.82, 2.24) is 20.1 Å². The van der Waals surface area contributed by atoms with E-state index in [1.165, 1.54) is 24.0 Å². The third-order valence-corrected chi connectivity index (χ3v) is 6.15. The Morgan fingerprint density at radius 2 is 1.85 bits per heavy atom. The normalized spacial score (nSPS) is 15.3. The lowest BCUT2D eigenvalue weighted by Crippen LogP contribution is -2.44. The number of likely N-dealkylation sites (N-methyl/N-ethyl adjacent to an activating group) is 1. The summed E-state index contributed by atoms with van der Waals surface area (Å²) in [6.07, 6.45) is 2.34. The molecule has 184 valence electrons. The Morgan fingerprint density at radius 3 is 2.42 bits per heavy atom. The fourth-order valence-corrected chi connectivity index (χ4v) is 4.19. The topological polar surface area (TPSA) is 66.1 Å². The first kappa shape index (κ1) is 27.4. The largest absolute Gasteiger partial charge is 0.492 e. The van der Waals surface area contributed by atoms with Crippen molar-refractivity contribution in [2.45, 2.75) is 47.1 Å². The van der Waals surface area contributed by atoms with E-state index in [2.05, 4.69) is 64.2 Å². The van der Waals surface area contributed by atoms with Crippen molar-refractivity contribution < 1.29 is 9.15 Å². The number of nitrogens with one attached hydrogen (secondary N) is 1. The SMILES string of the molecule is CN=C(NCC1CCN(Cc2nc(C)c(C)o2)CC1)N(C)CCOc1cc(C)cc(C)c1.I. The van der Waals surface area contributed by atoms with Crippen LogP contribution in [0.25, 0.3) is 0 Å². The molecule has 0 bridgehead atoms. The number of aliphatic imine (C=N–C) groups is 1. The maximum atomic E-state index is 5.95. The molecular formula is C25H40IN5O2. The van der Waals surface area contributed by atoms with E-state index in [0.29, 0.717) is 12.5 Å². The number of hydrogen-bond acceptors (Lipinski definition) is 5. The van der Waals surface area contributed by atoms with Gasteiger partial charge in [0.05, 0.1) is 18.8 Å². The quantitative estimate of drug-likeness (QED) is 0.290. The van der Waals surface area contributed by atoms with Gasteiger partial charge in [0.15, 0.2) is 5.96 Å². The van der Waals surface area contributed by atoms with Crippen LogP contribution in [0.1, 0.15) is 41.3 Å². The zero-order valence-electron chi connectivity index (χ0n) is 21.0. The Hall–Kier alpha value is -1.81. The van der Waals surface area contributed by atoms with Crippen LogP contribution in [-0.2, 0) is 6.54 Å². The van der Waals surface area contributed by atoms with Gasteiger partial charge in [-0.2, -0.15) is 0 Å². The van der Waals surface area contributed by atoms with Crippen molar-refractivity contribution in [1.29, 1.82) is 0 Å². The molecule has 0 saturated carbocycles. The number of benzene rings is 1. The highest BCUT2D eigenvalue weighted by atomic mass is 127. The van der Waals surface area contributed by atoms with Crippen molar-refractivity contribution in [3.05, 3.63) is 46.7 Å². The molecule has 2 aromatic rings. The van der Waals surface area contributed by atoms with Gasteiger partial charge in [0.25, 0.3) is 0 Å². The number of oxazole rings is 1. The second kappa shape index (κ2) is 13.2. The van der Waals surface area contributed by atoms with Gasteiger partial charge in [-0.1, -0.05) is 6.07 Å². The Balaban J connectivity index is 0.00000385. The van der Waals surface area contributed by atoms with Gasteiger partial charge in [0, 0.05) is 20.6 Å². The molecule has 8 heteroatoms. The number of hydrogen-bond donors (Lipinski definition) is 1. The molecule has 1 fully saturated rings. The van der Waals surface area contributed by atoms with E-state index >= 15 is 0 Å². The molecule has 1 aromatic heterocycles. The highest BCUT2D eigenvalue weighted by molar-refractivity contribution is 14.0. The van der Waals surface area contributed by atoms with Crippen LogP contribution < -0.4 is 10.1 Å². The number of likely N-dealkylation sites (tertiary alicyclic amines) is 1. The molecule has 3 rings (SSSR count). The van der Waals surface area contributed by atoms with Crippen molar-refractivity contribution in [2.24, 2.45) is 10.9 Å². The van der Waals surface area contributed by atoms with Gasteiger partial charge < -0.3 is 19.4 Å². The van der Waals surface area contributed by atoms with Crippen LogP contribution in [0.3, 0.4) is 0 Å². The number of ether oxygens (including phenoxy) is 1. The van der Waals surface area contributed by atoms with Crippen LogP contribution >= 0.6 is 24.0 Å². The summed E-state index contributed by atoms with van der Waals surface area (Å²) in [6.45, 7) is 13.5. The van der Waals surface area contributed by atoms with E-state index in [0.717, 1.165) is 61.8 Å². The van der Waals surface area contributed by atoms with Gasteiger partial charge >= 0.3 is 0 Å². The van der Waals surface area contributed by atoms with Crippen molar-refractivity contribution in [3.63, 3.8) is 0 Å². The number of guanidine groups is 1. The Kier molecular flexibility index (Phi) is 11.0. The zero-order valence-corrected chi connectivity index (χ0v) is 23.3. The van der Waals surface area contributed by atoms with Crippen LogP contribution in [0, 0.1) is 33.6 Å². The lowest BCUT2D eigenvalue weighted by Gasteiger charge is -2.32. The first-order valence-corrected chi connectivity index (χ1v) is 11.6. The van der Waals surface area contributed by atoms with E-state index in [4.69, 9.17) is 9.15 Å². The molecule has 1 aliphatic rings. The second-order valence-corrected chi connectivity index (χ2v) is 8.99. The molecule has 0 aliphatic carbocycles.